The Hall–Kier alpha value is -1.10. The van der Waals surface area contributed by atoms with Crippen molar-refractivity contribution < 1.29 is 14.3 Å². The van der Waals surface area contributed by atoms with Gasteiger partial charge in [-0.1, -0.05) is 19.3 Å². The molecule has 5 heteroatoms. The van der Waals surface area contributed by atoms with Gasteiger partial charge in [-0.2, -0.15) is 0 Å². The molecule has 1 saturated carbocycles. The SMILES string of the molecule is CCOC(=O)C(C)(C)NC(=O)CC1(CN)CCCCC1. The van der Waals surface area contributed by atoms with Crippen LogP contribution in [-0.4, -0.2) is 30.6 Å². The van der Waals surface area contributed by atoms with Crippen LogP contribution >= 0.6 is 0 Å². The molecule has 116 valence electrons. The van der Waals surface area contributed by atoms with E-state index in [-0.39, 0.29) is 11.3 Å². The van der Waals surface area contributed by atoms with Gasteiger partial charge >= 0.3 is 5.97 Å². The summed E-state index contributed by atoms with van der Waals surface area (Å²) in [5, 5.41) is 2.78. The molecule has 1 amide bonds. The van der Waals surface area contributed by atoms with Crippen molar-refractivity contribution in [2.45, 2.75) is 64.8 Å². The summed E-state index contributed by atoms with van der Waals surface area (Å²) < 4.78 is 4.97. The fraction of sp³-hybridized carbons (Fsp3) is 0.867. The highest BCUT2D eigenvalue weighted by Gasteiger charge is 2.36. The van der Waals surface area contributed by atoms with Crippen molar-refractivity contribution in [3.63, 3.8) is 0 Å². The van der Waals surface area contributed by atoms with Crippen LogP contribution in [0.3, 0.4) is 0 Å². The quantitative estimate of drug-likeness (QED) is 0.728. The first-order valence-corrected chi connectivity index (χ1v) is 7.53. The van der Waals surface area contributed by atoms with E-state index >= 15 is 0 Å². The van der Waals surface area contributed by atoms with E-state index in [4.69, 9.17) is 10.5 Å². The van der Waals surface area contributed by atoms with Crippen LogP contribution in [0.4, 0.5) is 0 Å². The molecular weight excluding hydrogens is 256 g/mol. The maximum Gasteiger partial charge on any atom is 0.331 e. The Bertz CT molecular complexity index is 347. The van der Waals surface area contributed by atoms with E-state index < -0.39 is 11.5 Å². The second-order valence-electron chi connectivity index (χ2n) is 6.34. The van der Waals surface area contributed by atoms with Gasteiger partial charge in [-0.25, -0.2) is 4.79 Å². The average Bonchev–Trinajstić information content (AvgIpc) is 2.39. The highest BCUT2D eigenvalue weighted by atomic mass is 16.5. The summed E-state index contributed by atoms with van der Waals surface area (Å²) in [5.41, 5.74) is 4.81. The van der Waals surface area contributed by atoms with Crippen molar-refractivity contribution >= 4 is 11.9 Å². The number of esters is 1. The average molecular weight is 284 g/mol. The highest BCUT2D eigenvalue weighted by Crippen LogP contribution is 2.38. The van der Waals surface area contributed by atoms with Gasteiger partial charge in [-0.15, -0.1) is 0 Å². The van der Waals surface area contributed by atoms with Crippen molar-refractivity contribution in [3.05, 3.63) is 0 Å². The summed E-state index contributed by atoms with van der Waals surface area (Å²) in [6.07, 6.45) is 5.87. The normalized spacial score (nSPS) is 18.4. The van der Waals surface area contributed by atoms with Crippen LogP contribution in [-0.2, 0) is 14.3 Å². The topological polar surface area (TPSA) is 81.4 Å². The van der Waals surface area contributed by atoms with E-state index in [2.05, 4.69) is 5.32 Å². The third kappa shape index (κ3) is 4.47. The van der Waals surface area contributed by atoms with Gasteiger partial charge in [0.25, 0.3) is 0 Å². The van der Waals surface area contributed by atoms with Gasteiger partial charge in [-0.05, 0) is 45.6 Å². The Labute approximate surface area is 121 Å². The highest BCUT2D eigenvalue weighted by molar-refractivity contribution is 5.87. The van der Waals surface area contributed by atoms with Crippen LogP contribution in [0, 0.1) is 5.41 Å². The summed E-state index contributed by atoms with van der Waals surface area (Å²) in [5.74, 6) is -0.519. The van der Waals surface area contributed by atoms with Gasteiger partial charge in [-0.3, -0.25) is 4.79 Å². The van der Waals surface area contributed by atoms with Gasteiger partial charge in [0.05, 0.1) is 6.61 Å². The molecular formula is C15H28N2O3. The number of carbonyl (C=O) groups is 2. The molecule has 0 aliphatic heterocycles. The summed E-state index contributed by atoms with van der Waals surface area (Å²) in [4.78, 5) is 24.0. The first-order valence-electron chi connectivity index (χ1n) is 7.53. The van der Waals surface area contributed by atoms with Crippen LogP contribution in [0.15, 0.2) is 0 Å². The second kappa shape index (κ2) is 7.07. The molecule has 0 aromatic heterocycles. The zero-order valence-corrected chi connectivity index (χ0v) is 13.0. The molecule has 0 heterocycles. The van der Waals surface area contributed by atoms with Crippen molar-refractivity contribution in [2.24, 2.45) is 11.1 Å². The fourth-order valence-electron chi connectivity index (χ4n) is 2.85. The molecule has 5 nitrogen and oxygen atoms in total. The van der Waals surface area contributed by atoms with E-state index in [0.717, 1.165) is 25.7 Å². The lowest BCUT2D eigenvalue weighted by molar-refractivity contribution is -0.152. The van der Waals surface area contributed by atoms with Crippen LogP contribution in [0.1, 0.15) is 59.3 Å². The predicted octanol–water partition coefficient (Wildman–Crippen LogP) is 1.74. The van der Waals surface area contributed by atoms with E-state index in [1.165, 1.54) is 6.42 Å². The van der Waals surface area contributed by atoms with Gasteiger partial charge in [0.15, 0.2) is 0 Å². The Morgan fingerprint density at radius 3 is 2.35 bits per heavy atom. The van der Waals surface area contributed by atoms with Crippen LogP contribution in [0.25, 0.3) is 0 Å². The van der Waals surface area contributed by atoms with E-state index in [1.807, 2.05) is 0 Å². The molecule has 0 bridgehead atoms. The standard InChI is InChI=1S/C15H28N2O3/c1-4-20-13(19)14(2,3)17-12(18)10-15(11-16)8-6-5-7-9-15/h4-11,16H2,1-3H3,(H,17,18). The van der Waals surface area contributed by atoms with Crippen molar-refractivity contribution in [2.75, 3.05) is 13.2 Å². The Balaban J connectivity index is 2.59. The van der Waals surface area contributed by atoms with E-state index in [1.54, 1.807) is 20.8 Å². The number of ether oxygens (including phenoxy) is 1. The smallest absolute Gasteiger partial charge is 0.331 e. The van der Waals surface area contributed by atoms with E-state index in [9.17, 15) is 9.59 Å². The molecule has 0 atom stereocenters. The van der Waals surface area contributed by atoms with E-state index in [0.29, 0.717) is 19.6 Å². The number of hydrogen-bond donors (Lipinski definition) is 2. The Morgan fingerprint density at radius 2 is 1.85 bits per heavy atom. The maximum atomic E-state index is 12.2. The van der Waals surface area contributed by atoms with Gasteiger partial charge in [0.1, 0.15) is 5.54 Å². The number of carbonyl (C=O) groups excluding carboxylic acids is 2. The first-order chi connectivity index (χ1) is 9.35. The van der Waals surface area contributed by atoms with Crippen LogP contribution < -0.4 is 11.1 Å². The summed E-state index contributed by atoms with van der Waals surface area (Å²) in [6, 6.07) is 0. The predicted molar refractivity (Wildman–Crippen MR) is 78.0 cm³/mol. The van der Waals surface area contributed by atoms with Crippen molar-refractivity contribution in [1.29, 1.82) is 0 Å². The summed E-state index contributed by atoms with van der Waals surface area (Å²) in [6.45, 7) is 5.92. The lowest BCUT2D eigenvalue weighted by atomic mass is 9.71. The fourth-order valence-corrected chi connectivity index (χ4v) is 2.85. The number of hydrogen-bond acceptors (Lipinski definition) is 4. The molecule has 0 saturated heterocycles. The molecule has 0 aromatic carbocycles. The minimum atomic E-state index is -0.989. The lowest BCUT2D eigenvalue weighted by Gasteiger charge is -2.36. The van der Waals surface area contributed by atoms with Gasteiger partial charge in [0, 0.05) is 6.42 Å². The molecule has 0 aromatic rings. The van der Waals surface area contributed by atoms with Gasteiger partial charge < -0.3 is 15.8 Å². The number of nitrogens with one attached hydrogen (secondary N) is 1. The molecule has 20 heavy (non-hydrogen) atoms. The summed E-state index contributed by atoms with van der Waals surface area (Å²) in [7, 11) is 0. The Kier molecular flexibility index (Phi) is 5.99. The van der Waals surface area contributed by atoms with Crippen molar-refractivity contribution in [1.82, 2.24) is 5.32 Å². The minimum Gasteiger partial charge on any atom is -0.464 e. The molecule has 0 spiro atoms. The first kappa shape index (κ1) is 17.0. The number of amides is 1. The van der Waals surface area contributed by atoms with Crippen LogP contribution in [0.5, 0.6) is 0 Å². The summed E-state index contributed by atoms with van der Waals surface area (Å²) >= 11 is 0. The lowest BCUT2D eigenvalue weighted by Crippen LogP contribution is -2.52. The minimum absolute atomic E-state index is 0.0902. The third-order valence-electron chi connectivity index (χ3n) is 4.12. The third-order valence-corrected chi connectivity index (χ3v) is 4.12. The zero-order valence-electron chi connectivity index (χ0n) is 13.0. The monoisotopic (exact) mass is 284 g/mol. The maximum absolute atomic E-state index is 12.2. The largest absolute Gasteiger partial charge is 0.464 e. The molecule has 0 unspecified atom stereocenters. The number of rotatable bonds is 6. The molecule has 1 aliphatic rings. The molecule has 0 radical (unpaired) electrons. The number of nitrogens with two attached hydrogens (primary N) is 1. The second-order valence-corrected chi connectivity index (χ2v) is 6.34. The Morgan fingerprint density at radius 1 is 1.25 bits per heavy atom. The van der Waals surface area contributed by atoms with Crippen LogP contribution in [0.2, 0.25) is 0 Å². The zero-order chi connectivity index (χ0) is 15.2. The molecule has 1 aliphatic carbocycles. The molecule has 3 N–H and O–H groups in total. The molecule has 1 rings (SSSR count). The molecule has 1 fully saturated rings. The van der Waals surface area contributed by atoms with Gasteiger partial charge in [0.2, 0.25) is 5.91 Å². The van der Waals surface area contributed by atoms with Crippen molar-refractivity contribution in [3.8, 4) is 0 Å².